The van der Waals surface area contributed by atoms with E-state index >= 15 is 0 Å². The minimum Gasteiger partial charge on any atom is -0.394 e. The van der Waals surface area contributed by atoms with Gasteiger partial charge in [0.2, 0.25) is 5.95 Å². The molecule has 0 fully saturated rings. The summed E-state index contributed by atoms with van der Waals surface area (Å²) in [6.07, 6.45) is 1.02. The minimum atomic E-state index is -0.0656. The zero-order valence-corrected chi connectivity index (χ0v) is 14.0. The molecule has 0 radical (unpaired) electrons. The highest BCUT2D eigenvalue weighted by Crippen LogP contribution is 2.28. The molecule has 3 rings (SSSR count). The number of aliphatic hydroxyl groups excluding tert-OH is 1. The first-order chi connectivity index (χ1) is 11.1. The SMILES string of the molecule is Cc1cc(N2Cc3ccccc3C[C@H]2C)nc(N[C@@H](C)CO)n1. The van der Waals surface area contributed by atoms with Crippen molar-refractivity contribution < 1.29 is 5.11 Å². The molecule has 0 bridgehead atoms. The maximum absolute atomic E-state index is 9.21. The Morgan fingerprint density at radius 2 is 2.04 bits per heavy atom. The van der Waals surface area contributed by atoms with Gasteiger partial charge in [0, 0.05) is 30.4 Å². The molecule has 0 amide bonds. The number of nitrogens with zero attached hydrogens (tertiary/aromatic N) is 3. The van der Waals surface area contributed by atoms with E-state index in [1.807, 2.05) is 19.9 Å². The Labute approximate surface area is 137 Å². The Morgan fingerprint density at radius 1 is 1.30 bits per heavy atom. The van der Waals surface area contributed by atoms with Crippen molar-refractivity contribution >= 4 is 11.8 Å². The number of aromatic nitrogens is 2. The topological polar surface area (TPSA) is 61.3 Å². The maximum Gasteiger partial charge on any atom is 0.225 e. The van der Waals surface area contributed by atoms with Crippen LogP contribution >= 0.6 is 0 Å². The third-order valence-corrected chi connectivity index (χ3v) is 4.29. The molecule has 122 valence electrons. The van der Waals surface area contributed by atoms with Gasteiger partial charge in [-0.15, -0.1) is 0 Å². The number of hydrogen-bond acceptors (Lipinski definition) is 5. The summed E-state index contributed by atoms with van der Waals surface area (Å²) in [7, 11) is 0. The molecule has 1 aliphatic rings. The molecule has 2 atom stereocenters. The quantitative estimate of drug-likeness (QED) is 0.908. The number of benzene rings is 1. The van der Waals surface area contributed by atoms with Gasteiger partial charge in [0.05, 0.1) is 6.61 Å². The van der Waals surface area contributed by atoms with Gasteiger partial charge in [-0.1, -0.05) is 24.3 Å². The van der Waals surface area contributed by atoms with Crippen molar-refractivity contribution in [1.29, 1.82) is 0 Å². The van der Waals surface area contributed by atoms with E-state index in [1.54, 1.807) is 0 Å². The van der Waals surface area contributed by atoms with Crippen LogP contribution in [0.1, 0.15) is 30.7 Å². The van der Waals surface area contributed by atoms with E-state index < -0.39 is 0 Å². The van der Waals surface area contributed by atoms with E-state index in [0.29, 0.717) is 12.0 Å². The van der Waals surface area contributed by atoms with Crippen LogP contribution in [0, 0.1) is 6.92 Å². The van der Waals surface area contributed by atoms with Crippen molar-refractivity contribution in [3.8, 4) is 0 Å². The van der Waals surface area contributed by atoms with Crippen LogP contribution in [0.25, 0.3) is 0 Å². The van der Waals surface area contributed by atoms with Crippen molar-refractivity contribution in [2.75, 3.05) is 16.8 Å². The first-order valence-electron chi connectivity index (χ1n) is 8.13. The molecule has 2 N–H and O–H groups in total. The predicted octanol–water partition coefficient (Wildman–Crippen LogP) is 2.53. The summed E-state index contributed by atoms with van der Waals surface area (Å²) in [5.41, 5.74) is 3.71. The fraction of sp³-hybridized carbons (Fsp3) is 0.444. The summed E-state index contributed by atoms with van der Waals surface area (Å²) >= 11 is 0. The molecule has 23 heavy (non-hydrogen) atoms. The first kappa shape index (κ1) is 15.7. The van der Waals surface area contributed by atoms with Gasteiger partial charge in [0.1, 0.15) is 5.82 Å². The second kappa shape index (κ2) is 6.54. The van der Waals surface area contributed by atoms with Gasteiger partial charge in [0.15, 0.2) is 0 Å². The average molecular weight is 312 g/mol. The van der Waals surface area contributed by atoms with Crippen LogP contribution in [0.2, 0.25) is 0 Å². The number of fused-ring (bicyclic) bond motifs is 1. The van der Waals surface area contributed by atoms with Gasteiger partial charge in [-0.05, 0) is 38.3 Å². The second-order valence-electron chi connectivity index (χ2n) is 6.37. The van der Waals surface area contributed by atoms with E-state index in [2.05, 4.69) is 51.4 Å². The molecule has 0 unspecified atom stereocenters. The largest absolute Gasteiger partial charge is 0.394 e. The lowest BCUT2D eigenvalue weighted by Crippen LogP contribution is -2.39. The van der Waals surface area contributed by atoms with Crippen molar-refractivity contribution in [3.63, 3.8) is 0 Å². The smallest absolute Gasteiger partial charge is 0.225 e. The second-order valence-corrected chi connectivity index (χ2v) is 6.37. The highest BCUT2D eigenvalue weighted by Gasteiger charge is 2.24. The molecule has 0 spiro atoms. The zero-order chi connectivity index (χ0) is 16.4. The lowest BCUT2D eigenvalue weighted by Gasteiger charge is -2.36. The van der Waals surface area contributed by atoms with Crippen molar-refractivity contribution in [2.24, 2.45) is 0 Å². The molecular weight excluding hydrogens is 288 g/mol. The fourth-order valence-electron chi connectivity index (χ4n) is 3.02. The lowest BCUT2D eigenvalue weighted by atomic mass is 9.95. The van der Waals surface area contributed by atoms with E-state index in [-0.39, 0.29) is 12.6 Å². The van der Waals surface area contributed by atoms with Crippen LogP contribution in [-0.4, -0.2) is 33.8 Å². The Morgan fingerprint density at radius 3 is 2.78 bits per heavy atom. The zero-order valence-electron chi connectivity index (χ0n) is 14.0. The average Bonchev–Trinajstić information content (AvgIpc) is 2.53. The Balaban J connectivity index is 1.89. The molecule has 2 heterocycles. The molecular formula is C18H24N4O. The van der Waals surface area contributed by atoms with Crippen LogP contribution in [0.15, 0.2) is 30.3 Å². The van der Waals surface area contributed by atoms with Gasteiger partial charge in [0.25, 0.3) is 0 Å². The first-order valence-corrected chi connectivity index (χ1v) is 8.13. The predicted molar refractivity (Wildman–Crippen MR) is 92.7 cm³/mol. The van der Waals surface area contributed by atoms with Crippen LogP contribution in [0.5, 0.6) is 0 Å². The van der Waals surface area contributed by atoms with Crippen molar-refractivity contribution in [3.05, 3.63) is 47.2 Å². The maximum atomic E-state index is 9.21. The number of hydrogen-bond donors (Lipinski definition) is 2. The monoisotopic (exact) mass is 312 g/mol. The third kappa shape index (κ3) is 3.45. The normalized spacial score (nSPS) is 18.4. The highest BCUT2D eigenvalue weighted by atomic mass is 16.3. The number of aliphatic hydroxyl groups is 1. The summed E-state index contributed by atoms with van der Waals surface area (Å²) in [4.78, 5) is 11.4. The third-order valence-electron chi connectivity index (χ3n) is 4.29. The summed E-state index contributed by atoms with van der Waals surface area (Å²) in [6.45, 7) is 7.04. The van der Waals surface area contributed by atoms with E-state index in [4.69, 9.17) is 0 Å². The van der Waals surface area contributed by atoms with Crippen molar-refractivity contribution in [1.82, 2.24) is 9.97 Å². The number of aryl methyl sites for hydroxylation is 1. The molecule has 0 saturated heterocycles. The van der Waals surface area contributed by atoms with E-state index in [9.17, 15) is 5.11 Å². The van der Waals surface area contributed by atoms with Gasteiger partial charge < -0.3 is 15.3 Å². The lowest BCUT2D eigenvalue weighted by molar-refractivity contribution is 0.281. The van der Waals surface area contributed by atoms with Crippen LogP contribution in [-0.2, 0) is 13.0 Å². The molecule has 0 saturated carbocycles. The van der Waals surface area contributed by atoms with Gasteiger partial charge in [-0.25, -0.2) is 4.98 Å². The van der Waals surface area contributed by atoms with Gasteiger partial charge >= 0.3 is 0 Å². The summed E-state index contributed by atoms with van der Waals surface area (Å²) < 4.78 is 0. The summed E-state index contributed by atoms with van der Waals surface area (Å²) in [5.74, 6) is 1.51. The van der Waals surface area contributed by atoms with Gasteiger partial charge in [-0.3, -0.25) is 0 Å². The molecule has 2 aromatic rings. The number of nitrogens with one attached hydrogen (secondary N) is 1. The fourth-order valence-corrected chi connectivity index (χ4v) is 3.02. The molecule has 0 aliphatic carbocycles. The Kier molecular flexibility index (Phi) is 4.48. The summed E-state index contributed by atoms with van der Waals surface area (Å²) in [5, 5.41) is 12.4. The van der Waals surface area contributed by atoms with E-state index in [1.165, 1.54) is 11.1 Å². The number of anilines is 2. The Bertz CT molecular complexity index is 688. The van der Waals surface area contributed by atoms with Gasteiger partial charge in [-0.2, -0.15) is 4.98 Å². The molecule has 5 nitrogen and oxygen atoms in total. The van der Waals surface area contributed by atoms with E-state index in [0.717, 1.165) is 24.5 Å². The highest BCUT2D eigenvalue weighted by molar-refractivity contribution is 5.49. The summed E-state index contributed by atoms with van der Waals surface area (Å²) in [6, 6.07) is 11.0. The minimum absolute atomic E-state index is 0.0557. The molecule has 1 aliphatic heterocycles. The molecule has 5 heteroatoms. The number of rotatable bonds is 4. The van der Waals surface area contributed by atoms with Crippen LogP contribution in [0.4, 0.5) is 11.8 Å². The molecule has 1 aromatic heterocycles. The standard InChI is InChI=1S/C18H24N4O/c1-12-8-17(21-18(19-12)20-13(2)11-23)22-10-16-7-5-4-6-15(16)9-14(22)3/h4-8,13-14,23H,9-11H2,1-3H3,(H,19,20,21)/t13-,14+/m0/s1. The molecule has 1 aromatic carbocycles. The Hall–Kier alpha value is -2.14. The van der Waals surface area contributed by atoms with Crippen LogP contribution in [0.3, 0.4) is 0 Å². The van der Waals surface area contributed by atoms with Crippen LogP contribution < -0.4 is 10.2 Å². The van der Waals surface area contributed by atoms with Crippen molar-refractivity contribution in [2.45, 2.75) is 45.8 Å².